The topological polar surface area (TPSA) is 53.3 Å². The maximum Gasteiger partial charge on any atom is 0.222 e. The average molecular weight is 226 g/mol. The SMILES string of the molecule is CCCCCC(=O)N(CCC#N)CCOC. The Kier molecular flexibility index (Phi) is 9.73. The Hall–Kier alpha value is -1.08. The lowest BCUT2D eigenvalue weighted by Gasteiger charge is -2.21. The van der Waals surface area contributed by atoms with Gasteiger partial charge in [-0.05, 0) is 6.42 Å². The molecule has 0 saturated carbocycles. The molecule has 4 heteroatoms. The fourth-order valence-electron chi connectivity index (χ4n) is 1.43. The highest BCUT2D eigenvalue weighted by Crippen LogP contribution is 2.04. The quantitative estimate of drug-likeness (QED) is 0.565. The van der Waals surface area contributed by atoms with Gasteiger partial charge in [0.1, 0.15) is 0 Å². The normalized spacial score (nSPS) is 9.81. The number of amides is 1. The largest absolute Gasteiger partial charge is 0.383 e. The Balaban J connectivity index is 3.94. The van der Waals surface area contributed by atoms with Gasteiger partial charge in [0.25, 0.3) is 0 Å². The number of nitriles is 1. The first kappa shape index (κ1) is 14.9. The minimum atomic E-state index is 0.140. The molecule has 0 bridgehead atoms. The third-order valence-corrected chi connectivity index (χ3v) is 2.41. The van der Waals surface area contributed by atoms with Crippen LogP contribution in [-0.4, -0.2) is 37.6 Å². The highest BCUT2D eigenvalue weighted by molar-refractivity contribution is 5.76. The van der Waals surface area contributed by atoms with E-state index in [4.69, 9.17) is 10.00 Å². The van der Waals surface area contributed by atoms with Crippen LogP contribution in [0, 0.1) is 11.3 Å². The first-order valence-corrected chi connectivity index (χ1v) is 5.89. The Morgan fingerprint density at radius 1 is 1.38 bits per heavy atom. The molecule has 0 rings (SSSR count). The van der Waals surface area contributed by atoms with Crippen molar-refractivity contribution < 1.29 is 9.53 Å². The van der Waals surface area contributed by atoms with Crippen molar-refractivity contribution in [1.82, 2.24) is 4.90 Å². The molecular weight excluding hydrogens is 204 g/mol. The van der Waals surface area contributed by atoms with E-state index in [9.17, 15) is 4.79 Å². The predicted octanol–water partition coefficient (Wildman–Crippen LogP) is 1.96. The molecule has 0 aliphatic rings. The molecule has 0 unspecified atom stereocenters. The van der Waals surface area contributed by atoms with Crippen LogP contribution in [0.5, 0.6) is 0 Å². The zero-order valence-corrected chi connectivity index (χ0v) is 10.4. The van der Waals surface area contributed by atoms with Crippen molar-refractivity contribution in [2.24, 2.45) is 0 Å². The lowest BCUT2D eigenvalue weighted by molar-refractivity contribution is -0.131. The van der Waals surface area contributed by atoms with Crippen LogP contribution in [0.15, 0.2) is 0 Å². The average Bonchev–Trinajstić information content (AvgIpc) is 2.29. The van der Waals surface area contributed by atoms with E-state index in [-0.39, 0.29) is 5.91 Å². The molecular formula is C12H22N2O2. The second-order valence-corrected chi connectivity index (χ2v) is 3.74. The van der Waals surface area contributed by atoms with Crippen LogP contribution in [0.4, 0.5) is 0 Å². The van der Waals surface area contributed by atoms with Gasteiger partial charge in [0, 0.05) is 26.6 Å². The molecule has 0 aromatic heterocycles. The first-order chi connectivity index (χ1) is 7.76. The minimum Gasteiger partial charge on any atom is -0.383 e. The monoisotopic (exact) mass is 226 g/mol. The summed E-state index contributed by atoms with van der Waals surface area (Å²) < 4.78 is 4.95. The molecule has 0 N–H and O–H groups in total. The Bertz CT molecular complexity index is 224. The number of hydrogen-bond acceptors (Lipinski definition) is 3. The van der Waals surface area contributed by atoms with Crippen LogP contribution < -0.4 is 0 Å². The van der Waals surface area contributed by atoms with Gasteiger partial charge >= 0.3 is 0 Å². The molecule has 0 saturated heterocycles. The van der Waals surface area contributed by atoms with Crippen LogP contribution in [0.1, 0.15) is 39.0 Å². The molecule has 0 aromatic rings. The van der Waals surface area contributed by atoms with Crippen LogP contribution in [0.25, 0.3) is 0 Å². The van der Waals surface area contributed by atoms with Crippen LogP contribution in [0.3, 0.4) is 0 Å². The molecule has 0 spiro atoms. The molecule has 1 amide bonds. The van der Waals surface area contributed by atoms with Crippen molar-refractivity contribution in [1.29, 1.82) is 5.26 Å². The number of nitrogens with zero attached hydrogens (tertiary/aromatic N) is 2. The molecule has 0 aliphatic carbocycles. The third-order valence-electron chi connectivity index (χ3n) is 2.41. The van der Waals surface area contributed by atoms with E-state index in [1.807, 2.05) is 0 Å². The second-order valence-electron chi connectivity index (χ2n) is 3.74. The summed E-state index contributed by atoms with van der Waals surface area (Å²) in [7, 11) is 1.62. The highest BCUT2D eigenvalue weighted by Gasteiger charge is 2.11. The van der Waals surface area contributed by atoms with Gasteiger partial charge in [-0.1, -0.05) is 19.8 Å². The number of carbonyl (C=O) groups excluding carboxylic acids is 1. The van der Waals surface area contributed by atoms with Crippen LogP contribution in [-0.2, 0) is 9.53 Å². The van der Waals surface area contributed by atoms with Gasteiger partial charge in [-0.15, -0.1) is 0 Å². The van der Waals surface area contributed by atoms with E-state index < -0.39 is 0 Å². The lowest BCUT2D eigenvalue weighted by atomic mass is 10.2. The van der Waals surface area contributed by atoms with Crippen molar-refractivity contribution in [2.75, 3.05) is 26.8 Å². The van der Waals surface area contributed by atoms with E-state index in [0.29, 0.717) is 32.5 Å². The van der Waals surface area contributed by atoms with E-state index in [1.54, 1.807) is 12.0 Å². The Labute approximate surface area is 98.2 Å². The summed E-state index contributed by atoms with van der Waals surface area (Å²) in [5.74, 6) is 0.140. The highest BCUT2D eigenvalue weighted by atomic mass is 16.5. The molecule has 0 aliphatic heterocycles. The summed E-state index contributed by atoms with van der Waals surface area (Å²) in [5.41, 5.74) is 0. The molecule has 0 atom stereocenters. The van der Waals surface area contributed by atoms with Crippen molar-refractivity contribution in [3.63, 3.8) is 0 Å². The molecule has 4 nitrogen and oxygen atoms in total. The van der Waals surface area contributed by atoms with Gasteiger partial charge in [0.05, 0.1) is 19.1 Å². The maximum atomic E-state index is 11.8. The summed E-state index contributed by atoms with van der Waals surface area (Å²) in [6.07, 6.45) is 4.11. The smallest absolute Gasteiger partial charge is 0.222 e. The van der Waals surface area contributed by atoms with Gasteiger partial charge in [0.15, 0.2) is 0 Å². The predicted molar refractivity (Wildman–Crippen MR) is 62.8 cm³/mol. The van der Waals surface area contributed by atoms with Gasteiger partial charge < -0.3 is 9.64 Å². The maximum absolute atomic E-state index is 11.8. The summed E-state index contributed by atoms with van der Waals surface area (Å²) in [5, 5.41) is 8.52. The fraction of sp³-hybridized carbons (Fsp3) is 0.833. The lowest BCUT2D eigenvalue weighted by Crippen LogP contribution is -2.34. The van der Waals surface area contributed by atoms with Crippen molar-refractivity contribution >= 4 is 5.91 Å². The summed E-state index contributed by atoms with van der Waals surface area (Å²) >= 11 is 0. The van der Waals surface area contributed by atoms with E-state index in [0.717, 1.165) is 19.3 Å². The number of methoxy groups -OCH3 is 1. The Morgan fingerprint density at radius 3 is 2.69 bits per heavy atom. The number of hydrogen-bond donors (Lipinski definition) is 0. The number of carbonyl (C=O) groups is 1. The number of rotatable bonds is 9. The third kappa shape index (κ3) is 7.24. The van der Waals surface area contributed by atoms with Gasteiger partial charge in [-0.2, -0.15) is 5.26 Å². The molecule has 0 aromatic carbocycles. The standard InChI is InChI=1S/C12H22N2O2/c1-3-4-5-7-12(15)14(9-6-8-13)10-11-16-2/h3-7,9-11H2,1-2H3. The molecule has 16 heavy (non-hydrogen) atoms. The molecule has 0 radical (unpaired) electrons. The molecule has 92 valence electrons. The molecule has 0 fully saturated rings. The van der Waals surface area contributed by atoms with Crippen molar-refractivity contribution in [3.05, 3.63) is 0 Å². The van der Waals surface area contributed by atoms with E-state index in [1.165, 1.54) is 0 Å². The van der Waals surface area contributed by atoms with Gasteiger partial charge in [0.2, 0.25) is 5.91 Å². The summed E-state index contributed by atoms with van der Waals surface area (Å²) in [6, 6.07) is 2.06. The van der Waals surface area contributed by atoms with Crippen LogP contribution in [0.2, 0.25) is 0 Å². The molecule has 0 heterocycles. The van der Waals surface area contributed by atoms with Crippen molar-refractivity contribution in [3.8, 4) is 6.07 Å². The van der Waals surface area contributed by atoms with E-state index in [2.05, 4.69) is 13.0 Å². The zero-order valence-electron chi connectivity index (χ0n) is 10.4. The van der Waals surface area contributed by atoms with Gasteiger partial charge in [-0.25, -0.2) is 0 Å². The van der Waals surface area contributed by atoms with Crippen LogP contribution >= 0.6 is 0 Å². The summed E-state index contributed by atoms with van der Waals surface area (Å²) in [6.45, 7) is 3.75. The second kappa shape index (κ2) is 10.4. The first-order valence-electron chi connectivity index (χ1n) is 5.89. The van der Waals surface area contributed by atoms with E-state index >= 15 is 0 Å². The minimum absolute atomic E-state index is 0.140. The number of ether oxygens (including phenoxy) is 1. The summed E-state index contributed by atoms with van der Waals surface area (Å²) in [4.78, 5) is 13.5. The van der Waals surface area contributed by atoms with Crippen molar-refractivity contribution in [2.45, 2.75) is 39.0 Å². The zero-order chi connectivity index (χ0) is 12.2. The van der Waals surface area contributed by atoms with Gasteiger partial charge in [-0.3, -0.25) is 4.79 Å². The number of unbranched alkanes of at least 4 members (excludes halogenated alkanes) is 2. The Morgan fingerprint density at radius 2 is 2.12 bits per heavy atom. The fourth-order valence-corrected chi connectivity index (χ4v) is 1.43.